The first-order valence-corrected chi connectivity index (χ1v) is 6.11. The zero-order valence-corrected chi connectivity index (χ0v) is 11.1. The summed E-state index contributed by atoms with van der Waals surface area (Å²) in [5.41, 5.74) is 1.77. The van der Waals surface area contributed by atoms with E-state index in [9.17, 15) is 4.79 Å². The molecule has 100 valence electrons. The largest absolute Gasteiger partial charge is 0.347 e. The van der Waals surface area contributed by atoms with Crippen molar-refractivity contribution in [3.8, 4) is 6.07 Å². The summed E-state index contributed by atoms with van der Waals surface area (Å²) in [6.45, 7) is 0.395. The lowest BCUT2D eigenvalue weighted by Crippen LogP contribution is -2.23. The molecule has 0 saturated heterocycles. The van der Waals surface area contributed by atoms with Crippen LogP contribution in [0.15, 0.2) is 48.3 Å². The van der Waals surface area contributed by atoms with E-state index in [1.807, 2.05) is 36.4 Å². The molecular weight excluding hydrogens is 252 g/mol. The molecule has 0 saturated carbocycles. The third-order valence-electron chi connectivity index (χ3n) is 2.70. The molecule has 20 heavy (non-hydrogen) atoms. The lowest BCUT2D eigenvalue weighted by Gasteiger charge is -2.03. The number of nitrogens with zero attached hydrogens (tertiary/aromatic N) is 3. The third kappa shape index (κ3) is 3.56. The van der Waals surface area contributed by atoms with Crippen molar-refractivity contribution in [3.05, 3.63) is 59.4 Å². The van der Waals surface area contributed by atoms with Crippen LogP contribution in [0, 0.1) is 11.3 Å². The summed E-state index contributed by atoms with van der Waals surface area (Å²) in [5.74, 6) is -0.389. The quantitative estimate of drug-likeness (QED) is 0.675. The predicted molar refractivity (Wildman–Crippen MR) is 75.1 cm³/mol. The topological polar surface area (TPSA) is 70.7 Å². The first kappa shape index (κ1) is 13.6. The first-order chi connectivity index (χ1) is 9.69. The molecule has 0 radical (unpaired) electrons. The molecule has 1 heterocycles. The molecule has 0 aliphatic heterocycles. The Kier molecular flexibility index (Phi) is 4.30. The molecule has 5 nitrogen and oxygen atoms in total. The van der Waals surface area contributed by atoms with Gasteiger partial charge in [-0.15, -0.1) is 0 Å². The van der Waals surface area contributed by atoms with Crippen molar-refractivity contribution in [2.45, 2.75) is 6.54 Å². The molecule has 0 fully saturated rings. The highest BCUT2D eigenvalue weighted by Crippen LogP contribution is 2.06. The number of aromatic nitrogens is 2. The second-order valence-electron chi connectivity index (χ2n) is 4.29. The Bertz CT molecular complexity index is 665. The van der Waals surface area contributed by atoms with Gasteiger partial charge in [-0.2, -0.15) is 10.4 Å². The second kappa shape index (κ2) is 6.34. The Morgan fingerprint density at radius 3 is 2.80 bits per heavy atom. The number of hydrogen-bond acceptors (Lipinski definition) is 3. The van der Waals surface area contributed by atoms with E-state index in [-0.39, 0.29) is 11.5 Å². The maximum Gasteiger partial charge on any atom is 0.262 e. The smallest absolute Gasteiger partial charge is 0.262 e. The van der Waals surface area contributed by atoms with E-state index in [1.165, 1.54) is 6.08 Å². The van der Waals surface area contributed by atoms with Gasteiger partial charge in [-0.05, 0) is 11.6 Å². The highest BCUT2D eigenvalue weighted by molar-refractivity contribution is 6.01. The van der Waals surface area contributed by atoms with Gasteiger partial charge >= 0.3 is 0 Å². The normalized spacial score (nSPS) is 10.9. The van der Waals surface area contributed by atoms with Crippen molar-refractivity contribution < 1.29 is 4.79 Å². The second-order valence-corrected chi connectivity index (χ2v) is 4.29. The maximum atomic E-state index is 11.9. The van der Waals surface area contributed by atoms with Crippen LogP contribution in [0.3, 0.4) is 0 Å². The molecule has 2 aromatic rings. The van der Waals surface area contributed by atoms with Crippen LogP contribution in [0.5, 0.6) is 0 Å². The van der Waals surface area contributed by atoms with E-state index in [1.54, 1.807) is 24.1 Å². The van der Waals surface area contributed by atoms with Crippen LogP contribution in [-0.4, -0.2) is 15.7 Å². The van der Waals surface area contributed by atoms with Gasteiger partial charge in [-0.3, -0.25) is 9.48 Å². The predicted octanol–water partition coefficient (Wildman–Crippen LogP) is 1.64. The summed E-state index contributed by atoms with van der Waals surface area (Å²) < 4.78 is 1.61. The van der Waals surface area contributed by atoms with Crippen molar-refractivity contribution in [2.24, 2.45) is 7.05 Å². The number of rotatable bonds is 4. The maximum absolute atomic E-state index is 11.9. The number of hydrogen-bond donors (Lipinski definition) is 1. The molecule has 5 heteroatoms. The molecule has 2 rings (SSSR count). The van der Waals surface area contributed by atoms with Crippen molar-refractivity contribution >= 4 is 12.0 Å². The lowest BCUT2D eigenvalue weighted by atomic mass is 10.2. The molecule has 1 amide bonds. The number of aryl methyl sites for hydroxylation is 1. The minimum atomic E-state index is -0.389. The highest BCUT2D eigenvalue weighted by atomic mass is 16.1. The number of nitrogens with one attached hydrogen (secondary N) is 1. The SMILES string of the molecule is Cn1cc(/C=C(\C#N)C(=O)NCc2ccccc2)cn1. The molecule has 0 aliphatic rings. The van der Waals surface area contributed by atoms with E-state index in [2.05, 4.69) is 10.4 Å². The van der Waals surface area contributed by atoms with Crippen LogP contribution in [-0.2, 0) is 18.4 Å². The van der Waals surface area contributed by atoms with Gasteiger partial charge in [0.2, 0.25) is 0 Å². The zero-order valence-electron chi connectivity index (χ0n) is 11.1. The van der Waals surface area contributed by atoms with Gasteiger partial charge in [0, 0.05) is 25.4 Å². The average molecular weight is 266 g/mol. The summed E-state index contributed by atoms with van der Waals surface area (Å²) in [4.78, 5) is 11.9. The molecule has 0 bridgehead atoms. The molecule has 0 atom stereocenters. The number of nitriles is 1. The van der Waals surface area contributed by atoms with Gasteiger partial charge in [0.1, 0.15) is 11.6 Å². The zero-order chi connectivity index (χ0) is 14.4. The third-order valence-corrected chi connectivity index (χ3v) is 2.70. The summed E-state index contributed by atoms with van der Waals surface area (Å²) in [5, 5.41) is 15.8. The van der Waals surface area contributed by atoms with Crippen molar-refractivity contribution in [2.75, 3.05) is 0 Å². The van der Waals surface area contributed by atoms with Crippen LogP contribution >= 0.6 is 0 Å². The minimum absolute atomic E-state index is 0.0638. The number of carbonyl (C=O) groups is 1. The molecule has 0 spiro atoms. The number of carbonyl (C=O) groups excluding carboxylic acids is 1. The van der Waals surface area contributed by atoms with Crippen molar-refractivity contribution in [1.29, 1.82) is 5.26 Å². The van der Waals surface area contributed by atoms with Gasteiger partial charge in [-0.25, -0.2) is 0 Å². The van der Waals surface area contributed by atoms with Gasteiger partial charge in [0.25, 0.3) is 5.91 Å². The van der Waals surface area contributed by atoms with Crippen LogP contribution in [0.25, 0.3) is 6.08 Å². The lowest BCUT2D eigenvalue weighted by molar-refractivity contribution is -0.117. The monoisotopic (exact) mass is 266 g/mol. The fraction of sp³-hybridized carbons (Fsp3) is 0.133. The van der Waals surface area contributed by atoms with E-state index in [0.29, 0.717) is 6.54 Å². The number of amides is 1. The fourth-order valence-electron chi connectivity index (χ4n) is 1.70. The molecule has 0 aliphatic carbocycles. The van der Waals surface area contributed by atoms with Gasteiger partial charge in [0.05, 0.1) is 6.20 Å². The van der Waals surface area contributed by atoms with Crippen molar-refractivity contribution in [1.82, 2.24) is 15.1 Å². The van der Waals surface area contributed by atoms with Gasteiger partial charge in [-0.1, -0.05) is 30.3 Å². The Morgan fingerprint density at radius 2 is 2.20 bits per heavy atom. The van der Waals surface area contributed by atoms with Crippen LogP contribution < -0.4 is 5.32 Å². The molecular formula is C15H14N4O. The Balaban J connectivity index is 2.03. The van der Waals surface area contributed by atoms with Gasteiger partial charge < -0.3 is 5.32 Å². The minimum Gasteiger partial charge on any atom is -0.347 e. The van der Waals surface area contributed by atoms with E-state index in [0.717, 1.165) is 11.1 Å². The van der Waals surface area contributed by atoms with Crippen LogP contribution in [0.1, 0.15) is 11.1 Å². The van der Waals surface area contributed by atoms with Gasteiger partial charge in [0.15, 0.2) is 0 Å². The standard InChI is InChI=1S/C15H14N4O/c1-19-11-13(10-18-19)7-14(8-16)15(20)17-9-12-5-3-2-4-6-12/h2-7,10-11H,9H2,1H3,(H,17,20)/b14-7+. The van der Waals surface area contributed by atoms with E-state index in [4.69, 9.17) is 5.26 Å². The molecule has 0 unspecified atom stereocenters. The van der Waals surface area contributed by atoms with E-state index >= 15 is 0 Å². The average Bonchev–Trinajstić information content (AvgIpc) is 2.88. The summed E-state index contributed by atoms with van der Waals surface area (Å²) in [7, 11) is 1.78. The Labute approximate surface area is 117 Å². The van der Waals surface area contributed by atoms with Crippen LogP contribution in [0.4, 0.5) is 0 Å². The number of benzene rings is 1. The molecule has 1 aromatic carbocycles. The summed E-state index contributed by atoms with van der Waals surface area (Å²) >= 11 is 0. The first-order valence-electron chi connectivity index (χ1n) is 6.11. The highest BCUT2D eigenvalue weighted by Gasteiger charge is 2.09. The summed E-state index contributed by atoms with van der Waals surface area (Å²) in [6, 6.07) is 11.4. The van der Waals surface area contributed by atoms with Crippen molar-refractivity contribution in [3.63, 3.8) is 0 Å². The Morgan fingerprint density at radius 1 is 1.45 bits per heavy atom. The fourth-order valence-corrected chi connectivity index (χ4v) is 1.70. The van der Waals surface area contributed by atoms with E-state index < -0.39 is 0 Å². The molecule has 1 N–H and O–H groups in total. The van der Waals surface area contributed by atoms with Crippen LogP contribution in [0.2, 0.25) is 0 Å². The summed E-state index contributed by atoms with van der Waals surface area (Å²) in [6.07, 6.45) is 4.86. The Hall–Kier alpha value is -2.87. The molecule has 1 aromatic heterocycles.